The smallest absolute Gasteiger partial charge is 0.443 e. The standard InChI is InChI=1S/C34H35F4N5O5/c1-31(2,3)47-29(44)43(30(45)48-32(4,5)6)28-41-33(27-40-18-9-19-42(27)28,22-13-15-24(16-14-22)46-34(36,37)38)23-11-7-10-21(20-23)25-12-8-17-39-26(25)35/h7-8,10-17,20H,9,18-19H2,1-6H3. The molecule has 254 valence electrons. The third kappa shape index (κ3) is 7.26. The van der Waals surface area contributed by atoms with Gasteiger partial charge in [-0.2, -0.15) is 4.39 Å². The van der Waals surface area contributed by atoms with Crippen LogP contribution in [0.2, 0.25) is 0 Å². The topological polar surface area (TPSA) is 106 Å². The van der Waals surface area contributed by atoms with Gasteiger partial charge >= 0.3 is 18.5 Å². The number of benzene rings is 2. The average Bonchev–Trinajstić information content (AvgIpc) is 3.31. The van der Waals surface area contributed by atoms with Crippen molar-refractivity contribution in [2.24, 2.45) is 9.98 Å². The fourth-order valence-corrected chi connectivity index (χ4v) is 5.36. The SMILES string of the molecule is CC(C)(C)OC(=O)N(C(=O)OC(C)(C)C)C1=NC(c2ccc(OC(F)(F)F)cc2)(c2cccc(-c3cccnc3F)c2)C2=NCCCN12. The highest BCUT2D eigenvalue weighted by atomic mass is 19.4. The molecule has 0 aliphatic carbocycles. The minimum atomic E-state index is -4.93. The average molecular weight is 670 g/mol. The highest BCUT2D eigenvalue weighted by molar-refractivity contribution is 6.19. The Morgan fingerprint density at radius 1 is 0.875 bits per heavy atom. The van der Waals surface area contributed by atoms with E-state index in [0.717, 1.165) is 12.1 Å². The number of halogens is 4. The van der Waals surface area contributed by atoms with Crippen LogP contribution in [-0.2, 0) is 15.0 Å². The van der Waals surface area contributed by atoms with E-state index >= 15 is 0 Å². The molecule has 2 amide bonds. The van der Waals surface area contributed by atoms with E-state index in [0.29, 0.717) is 34.6 Å². The quantitative estimate of drug-likeness (QED) is 0.207. The van der Waals surface area contributed by atoms with E-state index in [1.165, 1.54) is 18.3 Å². The van der Waals surface area contributed by atoms with Crippen LogP contribution in [0.15, 0.2) is 76.8 Å². The van der Waals surface area contributed by atoms with Crippen molar-refractivity contribution in [2.75, 3.05) is 13.1 Å². The molecule has 3 heterocycles. The van der Waals surface area contributed by atoms with Crippen molar-refractivity contribution in [2.45, 2.75) is 71.1 Å². The van der Waals surface area contributed by atoms with E-state index in [1.54, 1.807) is 82.8 Å². The number of carbonyl (C=O) groups excluding carboxylic acids is 2. The van der Waals surface area contributed by atoms with Gasteiger partial charge in [-0.3, -0.25) is 9.89 Å². The summed E-state index contributed by atoms with van der Waals surface area (Å²) in [6, 6.07) is 14.9. The van der Waals surface area contributed by atoms with Crippen molar-refractivity contribution in [1.29, 1.82) is 0 Å². The zero-order chi connectivity index (χ0) is 35.1. The predicted molar refractivity (Wildman–Crippen MR) is 169 cm³/mol. The summed E-state index contributed by atoms with van der Waals surface area (Å²) in [5, 5.41) is 0. The van der Waals surface area contributed by atoms with Gasteiger partial charge in [-0.25, -0.2) is 19.6 Å². The van der Waals surface area contributed by atoms with E-state index in [9.17, 15) is 27.2 Å². The zero-order valence-corrected chi connectivity index (χ0v) is 27.3. The number of amides is 2. The van der Waals surface area contributed by atoms with Gasteiger partial charge in [0.1, 0.15) is 22.8 Å². The lowest BCUT2D eigenvalue weighted by Crippen LogP contribution is -2.54. The van der Waals surface area contributed by atoms with Gasteiger partial charge in [-0.05, 0) is 95.0 Å². The van der Waals surface area contributed by atoms with Crippen molar-refractivity contribution >= 4 is 24.0 Å². The maximum Gasteiger partial charge on any atom is 0.573 e. The molecule has 0 radical (unpaired) electrons. The van der Waals surface area contributed by atoms with Crippen molar-refractivity contribution in [3.8, 4) is 16.9 Å². The van der Waals surface area contributed by atoms with Crippen molar-refractivity contribution in [1.82, 2.24) is 14.8 Å². The Hall–Kier alpha value is -5.01. The summed E-state index contributed by atoms with van der Waals surface area (Å²) in [5.41, 5.74) is -2.29. The van der Waals surface area contributed by atoms with Crippen molar-refractivity contribution in [3.63, 3.8) is 0 Å². The van der Waals surface area contributed by atoms with Crippen LogP contribution in [0.4, 0.5) is 27.2 Å². The van der Waals surface area contributed by atoms with Gasteiger partial charge in [0.05, 0.1) is 0 Å². The molecular formula is C34H35F4N5O5. The molecule has 1 aromatic heterocycles. The van der Waals surface area contributed by atoms with Crippen molar-refractivity contribution in [3.05, 3.63) is 83.9 Å². The number of imide groups is 1. The highest BCUT2D eigenvalue weighted by Gasteiger charge is 2.54. The van der Waals surface area contributed by atoms with E-state index in [1.807, 2.05) is 0 Å². The maximum atomic E-state index is 14.9. The lowest BCUT2D eigenvalue weighted by atomic mass is 9.81. The first-order chi connectivity index (χ1) is 22.4. The first-order valence-corrected chi connectivity index (χ1v) is 15.1. The summed E-state index contributed by atoms with van der Waals surface area (Å²) in [6.07, 6.45) is -5.20. The summed E-state index contributed by atoms with van der Waals surface area (Å²) < 4.78 is 69.5. The number of guanidine groups is 1. The second-order valence-electron chi connectivity index (χ2n) is 13.1. The van der Waals surface area contributed by atoms with Gasteiger partial charge in [-0.1, -0.05) is 30.3 Å². The summed E-state index contributed by atoms with van der Waals surface area (Å²) in [6.45, 7) is 10.5. The minimum Gasteiger partial charge on any atom is -0.443 e. The molecule has 3 aromatic rings. The number of hydrogen-bond donors (Lipinski definition) is 0. The molecular weight excluding hydrogens is 634 g/mol. The largest absolute Gasteiger partial charge is 0.573 e. The molecule has 48 heavy (non-hydrogen) atoms. The second-order valence-corrected chi connectivity index (χ2v) is 13.1. The van der Waals surface area contributed by atoms with Crippen LogP contribution in [0.1, 0.15) is 59.1 Å². The van der Waals surface area contributed by atoms with Crippen LogP contribution in [-0.4, -0.2) is 69.4 Å². The molecule has 10 nitrogen and oxygen atoms in total. The fraction of sp³-hybridized carbons (Fsp3) is 0.382. The monoisotopic (exact) mass is 669 g/mol. The Balaban J connectivity index is 1.78. The third-order valence-corrected chi connectivity index (χ3v) is 7.10. The molecule has 0 N–H and O–H groups in total. The molecule has 0 saturated carbocycles. The number of rotatable bonds is 4. The Morgan fingerprint density at radius 2 is 1.52 bits per heavy atom. The van der Waals surface area contributed by atoms with Gasteiger partial charge in [0.15, 0.2) is 5.54 Å². The maximum absolute atomic E-state index is 14.9. The number of hydrogen-bond acceptors (Lipinski definition) is 9. The number of fused-ring (bicyclic) bond motifs is 1. The fourth-order valence-electron chi connectivity index (χ4n) is 5.36. The number of ether oxygens (including phenoxy) is 3. The molecule has 0 bridgehead atoms. The molecule has 0 spiro atoms. The van der Waals surface area contributed by atoms with Crippen LogP contribution in [0.3, 0.4) is 0 Å². The highest BCUT2D eigenvalue weighted by Crippen LogP contribution is 2.44. The Labute approximate surface area is 275 Å². The molecule has 0 fully saturated rings. The van der Waals surface area contributed by atoms with Crippen LogP contribution in [0, 0.1) is 5.95 Å². The van der Waals surface area contributed by atoms with Gasteiger partial charge < -0.3 is 14.2 Å². The Kier molecular flexibility index (Phi) is 8.97. The van der Waals surface area contributed by atoms with E-state index < -0.39 is 47.0 Å². The van der Waals surface area contributed by atoms with Gasteiger partial charge in [0, 0.05) is 24.8 Å². The van der Waals surface area contributed by atoms with Gasteiger partial charge in [0.25, 0.3) is 0 Å². The van der Waals surface area contributed by atoms with Crippen LogP contribution in [0.25, 0.3) is 11.1 Å². The molecule has 2 aliphatic heterocycles. The number of carbonyl (C=O) groups is 2. The lowest BCUT2D eigenvalue weighted by molar-refractivity contribution is -0.274. The number of nitrogens with zero attached hydrogens (tertiary/aromatic N) is 5. The number of aromatic nitrogens is 1. The summed E-state index contributed by atoms with van der Waals surface area (Å²) in [4.78, 5) is 43.4. The molecule has 2 aromatic carbocycles. The van der Waals surface area contributed by atoms with Crippen LogP contribution < -0.4 is 4.74 Å². The molecule has 0 saturated heterocycles. The number of pyridine rings is 1. The lowest BCUT2D eigenvalue weighted by Gasteiger charge is -2.34. The van der Waals surface area contributed by atoms with E-state index in [-0.39, 0.29) is 23.9 Å². The summed E-state index contributed by atoms with van der Waals surface area (Å²) in [5.74, 6) is -1.06. The zero-order valence-electron chi connectivity index (χ0n) is 27.3. The first-order valence-electron chi connectivity index (χ1n) is 15.1. The molecule has 1 unspecified atom stereocenters. The third-order valence-electron chi connectivity index (χ3n) is 7.10. The molecule has 14 heteroatoms. The number of aliphatic imine (C=N–C) groups is 2. The van der Waals surface area contributed by atoms with Crippen molar-refractivity contribution < 1.29 is 41.4 Å². The van der Waals surface area contributed by atoms with Crippen LogP contribution in [0.5, 0.6) is 5.75 Å². The summed E-state index contributed by atoms with van der Waals surface area (Å²) in [7, 11) is 0. The Bertz CT molecular complexity index is 1730. The molecule has 2 aliphatic rings. The molecule has 5 rings (SSSR count). The minimum absolute atomic E-state index is 0.162. The van der Waals surface area contributed by atoms with Crippen LogP contribution >= 0.6 is 0 Å². The number of amidine groups is 1. The normalized spacial score (nSPS) is 18.0. The first kappa shape index (κ1) is 34.3. The van der Waals surface area contributed by atoms with Gasteiger partial charge in [-0.15, -0.1) is 18.1 Å². The van der Waals surface area contributed by atoms with E-state index in [2.05, 4.69) is 9.72 Å². The van der Waals surface area contributed by atoms with E-state index in [4.69, 9.17) is 19.5 Å². The summed E-state index contributed by atoms with van der Waals surface area (Å²) >= 11 is 0. The molecule has 1 atom stereocenters. The Morgan fingerprint density at radius 3 is 2.10 bits per heavy atom. The second kappa shape index (κ2) is 12.5. The van der Waals surface area contributed by atoms with Gasteiger partial charge in [0.2, 0.25) is 11.9 Å². The number of alkyl halides is 3. The predicted octanol–water partition coefficient (Wildman–Crippen LogP) is 7.68.